The second kappa shape index (κ2) is 6.69. The van der Waals surface area contributed by atoms with Crippen LogP contribution in [0.2, 0.25) is 0 Å². The highest BCUT2D eigenvalue weighted by Crippen LogP contribution is 2.22. The van der Waals surface area contributed by atoms with Crippen LogP contribution in [0, 0.1) is 0 Å². The molecule has 0 aromatic heterocycles. The van der Waals surface area contributed by atoms with Gasteiger partial charge in [-0.15, -0.1) is 0 Å². The van der Waals surface area contributed by atoms with E-state index < -0.39 is 18.1 Å². The third-order valence-electron chi connectivity index (χ3n) is 3.72. The van der Waals surface area contributed by atoms with Crippen molar-refractivity contribution in [3.63, 3.8) is 0 Å². The van der Waals surface area contributed by atoms with Crippen molar-refractivity contribution in [3.05, 3.63) is 35.4 Å². The minimum Gasteiger partial charge on any atom is -0.480 e. The van der Waals surface area contributed by atoms with E-state index in [9.17, 15) is 19.8 Å². The Kier molecular flexibility index (Phi) is 4.93. The number of likely N-dealkylation sites (tertiary alicyclic amines) is 1. The summed E-state index contributed by atoms with van der Waals surface area (Å²) in [5.41, 5.74) is 1.38. The number of carboxylic acids is 1. The van der Waals surface area contributed by atoms with Crippen molar-refractivity contribution in [1.29, 1.82) is 0 Å². The number of nitrogens with one attached hydrogen (secondary N) is 1. The standard InChI is InChI=1S/C15H20N2O4/c1-16-7-6-10-4-2-3-5-12(10)14(19)17-9-11(18)8-13(17)15(20)21/h2-5,11,13,16,18H,6-9H2,1H3,(H,20,21)/t11-,13-/m0/s1. The first-order valence-electron chi connectivity index (χ1n) is 6.99. The van der Waals surface area contributed by atoms with E-state index in [4.69, 9.17) is 0 Å². The summed E-state index contributed by atoms with van der Waals surface area (Å²) in [6.45, 7) is 0.797. The lowest BCUT2D eigenvalue weighted by Gasteiger charge is -2.22. The third-order valence-corrected chi connectivity index (χ3v) is 3.72. The molecule has 1 aliphatic heterocycles. The highest BCUT2D eigenvalue weighted by Gasteiger charge is 2.39. The number of aliphatic hydroxyl groups is 1. The number of rotatable bonds is 5. The highest BCUT2D eigenvalue weighted by molar-refractivity contribution is 5.98. The molecule has 0 unspecified atom stereocenters. The molecule has 1 aromatic carbocycles. The van der Waals surface area contributed by atoms with E-state index in [0.717, 1.165) is 12.1 Å². The molecule has 1 amide bonds. The fourth-order valence-electron chi connectivity index (χ4n) is 2.63. The Morgan fingerprint density at radius 2 is 2.10 bits per heavy atom. The van der Waals surface area contributed by atoms with Crippen LogP contribution < -0.4 is 5.32 Å². The molecular weight excluding hydrogens is 272 g/mol. The first-order valence-corrected chi connectivity index (χ1v) is 6.99. The van der Waals surface area contributed by atoms with Crippen molar-refractivity contribution in [2.24, 2.45) is 0 Å². The normalized spacial score (nSPS) is 21.5. The maximum absolute atomic E-state index is 12.6. The van der Waals surface area contributed by atoms with Crippen molar-refractivity contribution < 1.29 is 19.8 Å². The maximum atomic E-state index is 12.6. The molecule has 0 bridgehead atoms. The lowest BCUT2D eigenvalue weighted by molar-refractivity contribution is -0.141. The Bertz CT molecular complexity index is 532. The van der Waals surface area contributed by atoms with Crippen LogP contribution in [-0.4, -0.2) is 59.3 Å². The number of carbonyl (C=O) groups is 2. The SMILES string of the molecule is CNCCc1ccccc1C(=O)N1C[C@@H](O)C[C@H]1C(=O)O. The van der Waals surface area contributed by atoms with Gasteiger partial charge < -0.3 is 20.4 Å². The monoisotopic (exact) mass is 292 g/mol. The number of carbonyl (C=O) groups excluding carboxylic acids is 1. The summed E-state index contributed by atoms with van der Waals surface area (Å²) in [6.07, 6.45) is -0.00808. The van der Waals surface area contributed by atoms with Gasteiger partial charge in [0.1, 0.15) is 6.04 Å². The van der Waals surface area contributed by atoms with Crippen molar-refractivity contribution in [2.75, 3.05) is 20.1 Å². The molecular formula is C15H20N2O4. The molecule has 1 fully saturated rings. The average Bonchev–Trinajstić information content (AvgIpc) is 2.87. The number of β-amino-alcohol motifs (C(OH)–C–C–N with tert-alkyl or cyclic N) is 1. The van der Waals surface area contributed by atoms with Crippen LogP contribution in [0.5, 0.6) is 0 Å². The van der Waals surface area contributed by atoms with E-state index in [2.05, 4.69) is 5.32 Å². The Balaban J connectivity index is 2.25. The van der Waals surface area contributed by atoms with Crippen LogP contribution in [0.3, 0.4) is 0 Å². The lowest BCUT2D eigenvalue weighted by atomic mass is 10.0. The molecule has 3 N–H and O–H groups in total. The maximum Gasteiger partial charge on any atom is 0.326 e. The van der Waals surface area contributed by atoms with Crippen molar-refractivity contribution in [3.8, 4) is 0 Å². The molecule has 2 rings (SSSR count). The number of amides is 1. The van der Waals surface area contributed by atoms with Gasteiger partial charge in [-0.3, -0.25) is 4.79 Å². The minimum atomic E-state index is -1.08. The third kappa shape index (κ3) is 3.40. The molecule has 0 radical (unpaired) electrons. The van der Waals surface area contributed by atoms with E-state index in [1.807, 2.05) is 19.2 Å². The summed E-state index contributed by atoms with van der Waals surface area (Å²) in [5, 5.41) is 21.9. The molecule has 21 heavy (non-hydrogen) atoms. The lowest BCUT2D eigenvalue weighted by Crippen LogP contribution is -2.41. The van der Waals surface area contributed by atoms with Gasteiger partial charge in [0, 0.05) is 18.5 Å². The van der Waals surface area contributed by atoms with E-state index in [1.165, 1.54) is 4.90 Å². The smallest absolute Gasteiger partial charge is 0.326 e. The Morgan fingerprint density at radius 3 is 2.76 bits per heavy atom. The van der Waals surface area contributed by atoms with Crippen LogP contribution in [-0.2, 0) is 11.2 Å². The molecule has 1 aromatic rings. The van der Waals surface area contributed by atoms with Crippen LogP contribution in [0.1, 0.15) is 22.3 Å². The van der Waals surface area contributed by atoms with Crippen LogP contribution >= 0.6 is 0 Å². The molecule has 2 atom stereocenters. The van der Waals surface area contributed by atoms with Gasteiger partial charge in [0.15, 0.2) is 0 Å². The van der Waals surface area contributed by atoms with Crippen LogP contribution in [0.15, 0.2) is 24.3 Å². The Hall–Kier alpha value is -1.92. The predicted molar refractivity (Wildman–Crippen MR) is 77.2 cm³/mol. The van der Waals surface area contributed by atoms with Gasteiger partial charge in [-0.2, -0.15) is 0 Å². The van der Waals surface area contributed by atoms with Gasteiger partial charge in [-0.1, -0.05) is 18.2 Å². The molecule has 6 nitrogen and oxygen atoms in total. The molecule has 0 aliphatic carbocycles. The number of carboxylic acid groups (broad SMARTS) is 1. The summed E-state index contributed by atoms with van der Waals surface area (Å²) in [6, 6.07) is 6.24. The van der Waals surface area contributed by atoms with Crippen molar-refractivity contribution in [1.82, 2.24) is 10.2 Å². The number of nitrogens with zero attached hydrogens (tertiary/aromatic N) is 1. The fraction of sp³-hybridized carbons (Fsp3) is 0.467. The first kappa shape index (κ1) is 15.5. The minimum absolute atomic E-state index is 0.0656. The van der Waals surface area contributed by atoms with E-state index in [-0.39, 0.29) is 18.9 Å². The first-order chi connectivity index (χ1) is 10.0. The second-order valence-electron chi connectivity index (χ2n) is 5.21. The zero-order valence-electron chi connectivity index (χ0n) is 12.0. The summed E-state index contributed by atoms with van der Waals surface area (Å²) in [4.78, 5) is 25.1. The van der Waals surface area contributed by atoms with E-state index >= 15 is 0 Å². The summed E-state index contributed by atoms with van der Waals surface area (Å²) < 4.78 is 0. The Labute approximate surface area is 123 Å². The largest absolute Gasteiger partial charge is 0.480 e. The fourth-order valence-corrected chi connectivity index (χ4v) is 2.63. The zero-order valence-corrected chi connectivity index (χ0v) is 12.0. The number of hydrogen-bond donors (Lipinski definition) is 3. The number of hydrogen-bond acceptors (Lipinski definition) is 4. The molecule has 1 saturated heterocycles. The van der Waals surface area contributed by atoms with Crippen molar-refractivity contribution in [2.45, 2.75) is 25.0 Å². The topological polar surface area (TPSA) is 89.9 Å². The number of aliphatic carboxylic acids is 1. The average molecular weight is 292 g/mol. The molecule has 6 heteroatoms. The summed E-state index contributed by atoms with van der Waals surface area (Å²) in [7, 11) is 1.84. The van der Waals surface area contributed by atoms with Gasteiger partial charge in [0.25, 0.3) is 5.91 Å². The Morgan fingerprint density at radius 1 is 1.38 bits per heavy atom. The second-order valence-corrected chi connectivity index (χ2v) is 5.21. The van der Waals surface area contributed by atoms with Crippen LogP contribution in [0.25, 0.3) is 0 Å². The van der Waals surface area contributed by atoms with Gasteiger partial charge >= 0.3 is 5.97 Å². The van der Waals surface area contributed by atoms with Gasteiger partial charge in [0.2, 0.25) is 0 Å². The van der Waals surface area contributed by atoms with Crippen molar-refractivity contribution >= 4 is 11.9 Å². The highest BCUT2D eigenvalue weighted by atomic mass is 16.4. The van der Waals surface area contributed by atoms with E-state index in [1.54, 1.807) is 12.1 Å². The number of benzene rings is 1. The van der Waals surface area contributed by atoms with E-state index in [0.29, 0.717) is 12.0 Å². The molecule has 0 spiro atoms. The predicted octanol–water partition coefficient (Wildman–Crippen LogP) is 0.108. The molecule has 114 valence electrons. The van der Waals surface area contributed by atoms with Crippen LogP contribution in [0.4, 0.5) is 0 Å². The van der Waals surface area contributed by atoms with Gasteiger partial charge in [-0.25, -0.2) is 4.79 Å². The zero-order chi connectivity index (χ0) is 15.4. The van der Waals surface area contributed by atoms with Gasteiger partial charge in [0.05, 0.1) is 6.10 Å². The summed E-state index contributed by atoms with van der Waals surface area (Å²) in [5.74, 6) is -1.40. The number of aliphatic hydroxyl groups excluding tert-OH is 1. The molecule has 1 aliphatic rings. The van der Waals surface area contributed by atoms with Gasteiger partial charge in [-0.05, 0) is 31.6 Å². The summed E-state index contributed by atoms with van der Waals surface area (Å²) >= 11 is 0. The molecule has 1 heterocycles. The number of likely N-dealkylation sites (N-methyl/N-ethyl adjacent to an activating group) is 1. The quantitative estimate of drug-likeness (QED) is 0.716. The molecule has 0 saturated carbocycles.